The molecule has 1 saturated heterocycles. The third-order valence-corrected chi connectivity index (χ3v) is 4.99. The SMILES string of the molecule is CCCCCCNC(=O)C1CCCN(C(=O)CCc2cccc(F)c2)C1. The monoisotopic (exact) mass is 362 g/mol. The number of nitrogens with one attached hydrogen (secondary N) is 1. The normalized spacial score (nSPS) is 17.2. The van der Waals surface area contributed by atoms with Gasteiger partial charge >= 0.3 is 0 Å². The summed E-state index contributed by atoms with van der Waals surface area (Å²) in [6.07, 6.45) is 7.13. The Labute approximate surface area is 156 Å². The van der Waals surface area contributed by atoms with Gasteiger partial charge in [-0.3, -0.25) is 9.59 Å². The summed E-state index contributed by atoms with van der Waals surface area (Å²) in [5.41, 5.74) is 0.830. The molecule has 2 rings (SSSR count). The number of hydrogen-bond acceptors (Lipinski definition) is 2. The molecule has 1 aromatic carbocycles. The van der Waals surface area contributed by atoms with Gasteiger partial charge in [-0.15, -0.1) is 0 Å². The van der Waals surface area contributed by atoms with E-state index in [4.69, 9.17) is 0 Å². The fourth-order valence-corrected chi connectivity index (χ4v) is 3.43. The molecule has 1 heterocycles. The lowest BCUT2D eigenvalue weighted by atomic mass is 9.96. The van der Waals surface area contributed by atoms with E-state index in [2.05, 4.69) is 12.2 Å². The van der Waals surface area contributed by atoms with Crippen LogP contribution in [0.3, 0.4) is 0 Å². The van der Waals surface area contributed by atoms with Crippen molar-refractivity contribution in [2.24, 2.45) is 5.92 Å². The maximum atomic E-state index is 13.2. The average Bonchev–Trinajstić information content (AvgIpc) is 2.66. The number of piperidine rings is 1. The third-order valence-electron chi connectivity index (χ3n) is 4.99. The molecule has 0 saturated carbocycles. The molecular formula is C21H31FN2O2. The molecule has 1 unspecified atom stereocenters. The number of unbranched alkanes of at least 4 members (excludes halogenated alkanes) is 3. The standard InChI is InChI=1S/C21H31FN2O2/c1-2-3-4-5-13-23-21(26)18-9-7-14-24(16-18)20(25)12-11-17-8-6-10-19(22)15-17/h6,8,10,15,18H,2-5,7,9,11-14,16H2,1H3,(H,23,26). The van der Waals surface area contributed by atoms with Gasteiger partial charge in [0, 0.05) is 26.1 Å². The van der Waals surface area contributed by atoms with E-state index in [1.54, 1.807) is 11.0 Å². The van der Waals surface area contributed by atoms with Crippen LogP contribution in [0.1, 0.15) is 57.4 Å². The first-order valence-electron chi connectivity index (χ1n) is 9.90. The van der Waals surface area contributed by atoms with Crippen LogP contribution in [0, 0.1) is 11.7 Å². The quantitative estimate of drug-likeness (QED) is 0.681. The van der Waals surface area contributed by atoms with Crippen molar-refractivity contribution in [1.82, 2.24) is 10.2 Å². The highest BCUT2D eigenvalue weighted by Crippen LogP contribution is 2.18. The van der Waals surface area contributed by atoms with Crippen molar-refractivity contribution < 1.29 is 14.0 Å². The summed E-state index contributed by atoms with van der Waals surface area (Å²) in [6.45, 7) is 4.11. The summed E-state index contributed by atoms with van der Waals surface area (Å²) in [7, 11) is 0. The van der Waals surface area contributed by atoms with Crippen LogP contribution in [0.2, 0.25) is 0 Å². The number of benzene rings is 1. The molecule has 1 atom stereocenters. The second kappa shape index (κ2) is 10.9. The van der Waals surface area contributed by atoms with Gasteiger partial charge in [-0.2, -0.15) is 0 Å². The maximum absolute atomic E-state index is 13.2. The molecule has 0 bridgehead atoms. The lowest BCUT2D eigenvalue weighted by Gasteiger charge is -2.32. The highest BCUT2D eigenvalue weighted by atomic mass is 19.1. The molecule has 5 heteroatoms. The first-order chi connectivity index (χ1) is 12.6. The van der Waals surface area contributed by atoms with Crippen LogP contribution in [0.5, 0.6) is 0 Å². The van der Waals surface area contributed by atoms with Crippen molar-refractivity contribution in [1.29, 1.82) is 0 Å². The van der Waals surface area contributed by atoms with Gasteiger partial charge in [-0.05, 0) is 43.4 Å². The largest absolute Gasteiger partial charge is 0.356 e. The van der Waals surface area contributed by atoms with Gasteiger partial charge in [0.2, 0.25) is 11.8 Å². The van der Waals surface area contributed by atoms with Gasteiger partial charge in [0.25, 0.3) is 0 Å². The van der Waals surface area contributed by atoms with E-state index >= 15 is 0 Å². The van der Waals surface area contributed by atoms with Crippen molar-refractivity contribution in [2.75, 3.05) is 19.6 Å². The Morgan fingerprint density at radius 3 is 2.88 bits per heavy atom. The summed E-state index contributed by atoms with van der Waals surface area (Å²) in [6, 6.07) is 6.37. The number of amides is 2. The van der Waals surface area contributed by atoms with Gasteiger partial charge in [-0.25, -0.2) is 4.39 Å². The average molecular weight is 362 g/mol. The zero-order valence-corrected chi connectivity index (χ0v) is 15.8. The van der Waals surface area contributed by atoms with Crippen LogP contribution in [-0.2, 0) is 16.0 Å². The first-order valence-corrected chi connectivity index (χ1v) is 9.90. The third kappa shape index (κ3) is 6.77. The smallest absolute Gasteiger partial charge is 0.224 e. The number of aryl methyl sites for hydroxylation is 1. The lowest BCUT2D eigenvalue weighted by Crippen LogP contribution is -2.45. The van der Waals surface area contributed by atoms with Gasteiger partial charge in [-0.1, -0.05) is 38.3 Å². The van der Waals surface area contributed by atoms with Crippen molar-refractivity contribution in [3.05, 3.63) is 35.6 Å². The summed E-state index contributed by atoms with van der Waals surface area (Å²) >= 11 is 0. The van der Waals surface area contributed by atoms with Gasteiger partial charge in [0.1, 0.15) is 5.82 Å². The van der Waals surface area contributed by atoms with E-state index in [-0.39, 0.29) is 23.5 Å². The van der Waals surface area contributed by atoms with E-state index in [0.29, 0.717) is 25.9 Å². The molecule has 0 aromatic heterocycles. The van der Waals surface area contributed by atoms with Crippen molar-refractivity contribution >= 4 is 11.8 Å². The molecule has 1 N–H and O–H groups in total. The number of rotatable bonds is 9. The van der Waals surface area contributed by atoms with E-state index < -0.39 is 0 Å². The zero-order valence-electron chi connectivity index (χ0n) is 15.8. The Kier molecular flexibility index (Phi) is 8.59. The summed E-state index contributed by atoms with van der Waals surface area (Å²) in [5, 5.41) is 3.02. The van der Waals surface area contributed by atoms with E-state index in [1.807, 2.05) is 6.07 Å². The van der Waals surface area contributed by atoms with Crippen molar-refractivity contribution in [2.45, 2.75) is 58.3 Å². The van der Waals surface area contributed by atoms with Gasteiger partial charge in [0.15, 0.2) is 0 Å². The number of halogens is 1. The van der Waals surface area contributed by atoms with Gasteiger partial charge in [0.05, 0.1) is 5.92 Å². The van der Waals surface area contributed by atoms with Gasteiger partial charge < -0.3 is 10.2 Å². The number of carbonyl (C=O) groups excluding carboxylic acids is 2. The zero-order chi connectivity index (χ0) is 18.8. The highest BCUT2D eigenvalue weighted by Gasteiger charge is 2.27. The second-order valence-corrected chi connectivity index (χ2v) is 7.16. The molecule has 0 radical (unpaired) electrons. The van der Waals surface area contributed by atoms with E-state index in [9.17, 15) is 14.0 Å². The molecule has 0 spiro atoms. The van der Waals surface area contributed by atoms with E-state index in [1.165, 1.54) is 25.0 Å². The summed E-state index contributed by atoms with van der Waals surface area (Å²) < 4.78 is 13.2. The minimum Gasteiger partial charge on any atom is -0.356 e. The highest BCUT2D eigenvalue weighted by molar-refractivity contribution is 5.81. The molecule has 144 valence electrons. The van der Waals surface area contributed by atoms with Crippen LogP contribution in [0.4, 0.5) is 4.39 Å². The minimum absolute atomic E-state index is 0.0507. The van der Waals surface area contributed by atoms with Crippen LogP contribution in [0.25, 0.3) is 0 Å². The first kappa shape index (κ1) is 20.4. The Morgan fingerprint density at radius 2 is 2.12 bits per heavy atom. The fourth-order valence-electron chi connectivity index (χ4n) is 3.43. The van der Waals surface area contributed by atoms with Crippen LogP contribution >= 0.6 is 0 Å². The Bertz CT molecular complexity index is 591. The minimum atomic E-state index is -0.274. The molecule has 0 aliphatic carbocycles. The Balaban J connectivity index is 1.74. The molecule has 2 amide bonds. The number of likely N-dealkylation sites (tertiary alicyclic amines) is 1. The predicted molar refractivity (Wildman–Crippen MR) is 101 cm³/mol. The van der Waals surface area contributed by atoms with Crippen LogP contribution in [-0.4, -0.2) is 36.3 Å². The molecule has 1 fully saturated rings. The molecule has 4 nitrogen and oxygen atoms in total. The lowest BCUT2D eigenvalue weighted by molar-refractivity contribution is -0.135. The Morgan fingerprint density at radius 1 is 1.27 bits per heavy atom. The van der Waals surface area contributed by atoms with E-state index in [0.717, 1.165) is 37.8 Å². The molecule has 26 heavy (non-hydrogen) atoms. The molecular weight excluding hydrogens is 331 g/mol. The predicted octanol–water partition coefficient (Wildman–Crippen LogP) is 3.69. The molecule has 1 aromatic rings. The Hall–Kier alpha value is -1.91. The summed E-state index contributed by atoms with van der Waals surface area (Å²) in [5.74, 6) is -0.254. The van der Waals surface area contributed by atoms with Crippen LogP contribution in [0.15, 0.2) is 24.3 Å². The van der Waals surface area contributed by atoms with Crippen LogP contribution < -0.4 is 5.32 Å². The molecule has 1 aliphatic rings. The van der Waals surface area contributed by atoms with Crippen molar-refractivity contribution in [3.63, 3.8) is 0 Å². The fraction of sp³-hybridized carbons (Fsp3) is 0.619. The maximum Gasteiger partial charge on any atom is 0.224 e. The topological polar surface area (TPSA) is 49.4 Å². The van der Waals surface area contributed by atoms with Crippen molar-refractivity contribution in [3.8, 4) is 0 Å². The molecule has 1 aliphatic heterocycles. The number of hydrogen-bond donors (Lipinski definition) is 1. The summed E-state index contributed by atoms with van der Waals surface area (Å²) in [4.78, 5) is 26.6. The number of carbonyl (C=O) groups is 2. The second-order valence-electron chi connectivity index (χ2n) is 7.16. The number of nitrogens with zero attached hydrogens (tertiary/aromatic N) is 1.